The molecule has 0 aromatic heterocycles. The number of nitrogens with one attached hydrogen (secondary N) is 1. The summed E-state index contributed by atoms with van der Waals surface area (Å²) in [6, 6.07) is 0.763. The number of amides is 1. The van der Waals surface area contributed by atoms with Crippen molar-refractivity contribution in [2.45, 2.75) is 91.3 Å². The summed E-state index contributed by atoms with van der Waals surface area (Å²) in [6.07, 6.45) is 13.3. The Bertz CT molecular complexity index is 800. The van der Waals surface area contributed by atoms with Crippen LogP contribution < -0.4 is 5.32 Å². The Kier molecular flexibility index (Phi) is 13.5. The maximum atomic E-state index is 12.3. The van der Waals surface area contributed by atoms with Gasteiger partial charge in [0, 0.05) is 25.3 Å². The highest BCUT2D eigenvalue weighted by Gasteiger charge is 2.46. The summed E-state index contributed by atoms with van der Waals surface area (Å²) >= 11 is 0. The Hall–Kier alpha value is -2.09. The molecule has 1 unspecified atom stereocenters. The number of hydrogen-bond acceptors (Lipinski definition) is 2. The van der Waals surface area contributed by atoms with E-state index in [1.807, 2.05) is 0 Å². The Morgan fingerprint density at radius 3 is 2.36 bits per heavy atom. The number of nitrogens with zero attached hydrogens (tertiary/aromatic N) is 1. The molecule has 0 spiro atoms. The molecular weight excluding hydrogens is 469 g/mol. The van der Waals surface area contributed by atoms with Gasteiger partial charge in [0.15, 0.2) is 0 Å². The lowest BCUT2D eigenvalue weighted by Crippen LogP contribution is -2.53. The van der Waals surface area contributed by atoms with Gasteiger partial charge in [0.25, 0.3) is 0 Å². The van der Waals surface area contributed by atoms with E-state index in [9.17, 15) is 18.0 Å². The van der Waals surface area contributed by atoms with Crippen LogP contribution in [0.4, 0.5) is 13.2 Å². The number of carbonyl (C=O) groups is 2. The maximum Gasteiger partial charge on any atom is 0.490 e. The second-order valence-electron chi connectivity index (χ2n) is 10.9. The quantitative estimate of drug-likeness (QED) is 0.200. The predicted octanol–water partition coefficient (Wildman–Crippen LogP) is 6.42. The van der Waals surface area contributed by atoms with Crippen molar-refractivity contribution in [3.05, 3.63) is 35.5 Å². The van der Waals surface area contributed by atoms with Gasteiger partial charge in [0.05, 0.1) is 26.2 Å². The molecule has 0 radical (unpaired) electrons. The zero-order valence-corrected chi connectivity index (χ0v) is 22.7. The molecule has 1 amide bonds. The molecule has 0 bridgehead atoms. The molecule has 0 aliphatic carbocycles. The molecule has 2 fully saturated rings. The van der Waals surface area contributed by atoms with Gasteiger partial charge in [-0.1, -0.05) is 36.3 Å². The number of carboxylic acids is 1. The van der Waals surface area contributed by atoms with Gasteiger partial charge in [0.1, 0.15) is 0 Å². The maximum absolute atomic E-state index is 12.3. The van der Waals surface area contributed by atoms with Crippen molar-refractivity contribution in [3.63, 3.8) is 0 Å². The van der Waals surface area contributed by atoms with Crippen molar-refractivity contribution in [2.24, 2.45) is 11.8 Å². The van der Waals surface area contributed by atoms with Crippen molar-refractivity contribution < 1.29 is 32.3 Å². The second kappa shape index (κ2) is 15.2. The number of allylic oxidation sites excluding steroid dienone is 5. The molecule has 2 aliphatic rings. The van der Waals surface area contributed by atoms with Crippen LogP contribution in [0, 0.1) is 11.8 Å². The third-order valence-corrected chi connectivity index (χ3v) is 7.34. The van der Waals surface area contributed by atoms with Crippen molar-refractivity contribution in [3.8, 4) is 0 Å². The summed E-state index contributed by atoms with van der Waals surface area (Å²) in [7, 11) is 2.42. The Morgan fingerprint density at radius 1 is 1.08 bits per heavy atom. The topological polar surface area (TPSA) is 66.4 Å². The Morgan fingerprint density at radius 2 is 1.75 bits per heavy atom. The van der Waals surface area contributed by atoms with Gasteiger partial charge < -0.3 is 14.9 Å². The SMILES string of the molecule is CC(C)=CCC/C(C)=C/CC[C@H](C)/C=C/C(=O)NC[C@@H]1CC[N+]2(C)CCCC[C@H]12.O=C(O)C(F)(F)F. The van der Waals surface area contributed by atoms with Gasteiger partial charge in [-0.25, -0.2) is 4.79 Å². The van der Waals surface area contributed by atoms with Crippen molar-refractivity contribution in [1.29, 1.82) is 0 Å². The summed E-state index contributed by atoms with van der Waals surface area (Å²) in [5.41, 5.74) is 2.87. The first kappa shape index (κ1) is 31.9. The van der Waals surface area contributed by atoms with Crippen molar-refractivity contribution >= 4 is 11.9 Å². The van der Waals surface area contributed by atoms with Gasteiger partial charge in [-0.15, -0.1) is 0 Å². The molecule has 0 aromatic rings. The molecule has 4 atom stereocenters. The van der Waals surface area contributed by atoms with Crippen LogP contribution in [0.2, 0.25) is 0 Å². The van der Waals surface area contributed by atoms with Crippen LogP contribution in [0.5, 0.6) is 0 Å². The molecule has 2 N–H and O–H groups in total. The van der Waals surface area contributed by atoms with Gasteiger partial charge in [-0.2, -0.15) is 13.2 Å². The lowest BCUT2D eigenvalue weighted by atomic mass is 9.92. The summed E-state index contributed by atoms with van der Waals surface area (Å²) in [5, 5.41) is 10.3. The first-order valence-corrected chi connectivity index (χ1v) is 13.1. The van der Waals surface area contributed by atoms with Gasteiger partial charge in [-0.3, -0.25) is 4.79 Å². The second-order valence-corrected chi connectivity index (χ2v) is 10.9. The number of piperidine rings is 1. The fourth-order valence-corrected chi connectivity index (χ4v) is 5.14. The smallest absolute Gasteiger partial charge is 0.475 e. The standard InChI is InChI=1S/C26H44N2O.C2HF3O2/c1-21(2)10-8-11-22(3)12-9-13-23(4)15-16-26(29)27-20-24-17-19-28(5)18-7-6-14-25(24)28;3-2(4,5)1(6)7/h10,12,15-16,23-25H,6-9,11,13-14,17-20H2,1-5H3;(H,6,7)/p+1/b16-15+,22-12+;/t23-,24-,25+,28?;/m0./s1. The number of carboxylic acid groups (broad SMARTS) is 1. The summed E-state index contributed by atoms with van der Waals surface area (Å²) in [4.78, 5) is 21.2. The number of alkyl halides is 3. The molecule has 206 valence electrons. The number of aliphatic carboxylic acids is 1. The highest BCUT2D eigenvalue weighted by atomic mass is 19.4. The monoisotopic (exact) mass is 515 g/mol. The van der Waals surface area contributed by atoms with Crippen LogP contribution in [0.15, 0.2) is 35.5 Å². The fraction of sp³-hybridized carbons (Fsp3) is 0.714. The number of rotatable bonds is 10. The van der Waals surface area contributed by atoms with E-state index < -0.39 is 12.1 Å². The number of carbonyl (C=O) groups excluding carboxylic acids is 1. The third-order valence-electron chi connectivity index (χ3n) is 7.34. The number of quaternary nitrogens is 1. The van der Waals surface area contributed by atoms with E-state index in [0.717, 1.165) is 38.3 Å². The van der Waals surface area contributed by atoms with E-state index in [1.165, 1.54) is 54.4 Å². The van der Waals surface area contributed by atoms with Gasteiger partial charge in [0.2, 0.25) is 5.91 Å². The van der Waals surface area contributed by atoms with Gasteiger partial charge >= 0.3 is 12.1 Å². The van der Waals surface area contributed by atoms with Crippen LogP contribution in [0.1, 0.15) is 79.1 Å². The van der Waals surface area contributed by atoms with Crippen molar-refractivity contribution in [1.82, 2.24) is 5.32 Å². The fourth-order valence-electron chi connectivity index (χ4n) is 5.14. The molecule has 0 saturated carbocycles. The largest absolute Gasteiger partial charge is 0.490 e. The first-order valence-electron chi connectivity index (χ1n) is 13.1. The van der Waals surface area contributed by atoms with E-state index in [1.54, 1.807) is 6.08 Å². The normalized spacial score (nSPS) is 24.9. The van der Waals surface area contributed by atoms with Crippen LogP contribution in [0.3, 0.4) is 0 Å². The third kappa shape index (κ3) is 12.2. The molecule has 36 heavy (non-hydrogen) atoms. The number of fused-ring (bicyclic) bond motifs is 1. The Labute approximate surface area is 215 Å². The summed E-state index contributed by atoms with van der Waals surface area (Å²) in [6.45, 7) is 12.2. The van der Waals surface area contributed by atoms with Crippen LogP contribution in [0.25, 0.3) is 0 Å². The minimum Gasteiger partial charge on any atom is -0.475 e. The van der Waals surface area contributed by atoms with Crippen LogP contribution in [-0.2, 0) is 9.59 Å². The molecule has 2 aliphatic heterocycles. The molecular formula is C28H46F3N2O3+. The molecule has 8 heteroatoms. The molecule has 2 saturated heterocycles. The van der Waals surface area contributed by atoms with E-state index >= 15 is 0 Å². The highest BCUT2D eigenvalue weighted by molar-refractivity contribution is 5.87. The van der Waals surface area contributed by atoms with Crippen LogP contribution in [-0.4, -0.2) is 60.4 Å². The van der Waals surface area contributed by atoms with Crippen LogP contribution >= 0.6 is 0 Å². The highest BCUT2D eigenvalue weighted by Crippen LogP contribution is 2.36. The zero-order chi connectivity index (χ0) is 27.4. The first-order chi connectivity index (χ1) is 16.7. The number of hydrogen-bond donors (Lipinski definition) is 2. The van der Waals surface area contributed by atoms with E-state index in [2.05, 4.69) is 58.3 Å². The summed E-state index contributed by atoms with van der Waals surface area (Å²) in [5.74, 6) is -1.57. The van der Waals surface area contributed by atoms with Crippen molar-refractivity contribution in [2.75, 3.05) is 26.7 Å². The number of halogens is 3. The van der Waals surface area contributed by atoms with Gasteiger partial charge in [-0.05, 0) is 71.3 Å². The lowest BCUT2D eigenvalue weighted by molar-refractivity contribution is -0.927. The molecule has 2 heterocycles. The summed E-state index contributed by atoms with van der Waals surface area (Å²) < 4.78 is 33.0. The molecule has 5 nitrogen and oxygen atoms in total. The average molecular weight is 516 g/mol. The average Bonchev–Trinajstić information content (AvgIpc) is 3.12. The Balaban J connectivity index is 0.000000809. The molecule has 2 rings (SSSR count). The minimum atomic E-state index is -5.08. The van der Waals surface area contributed by atoms with E-state index in [4.69, 9.17) is 9.90 Å². The zero-order valence-electron chi connectivity index (χ0n) is 22.7. The van der Waals surface area contributed by atoms with E-state index in [0.29, 0.717) is 11.8 Å². The molecule has 0 aromatic carbocycles. The van der Waals surface area contributed by atoms with E-state index in [-0.39, 0.29) is 5.91 Å². The lowest BCUT2D eigenvalue weighted by Gasteiger charge is -2.41. The minimum absolute atomic E-state index is 0.0854. The predicted molar refractivity (Wildman–Crippen MR) is 138 cm³/mol.